The summed E-state index contributed by atoms with van der Waals surface area (Å²) in [5.74, 6) is 0.844. The van der Waals surface area contributed by atoms with Crippen molar-refractivity contribution in [2.75, 3.05) is 32.0 Å². The molecule has 1 aliphatic rings. The molecule has 1 aliphatic heterocycles. The Morgan fingerprint density at radius 3 is 2.65 bits per heavy atom. The van der Waals surface area contributed by atoms with Gasteiger partial charge in [-0.15, -0.1) is 0 Å². The average Bonchev–Trinajstić information content (AvgIpc) is 2.38. The predicted octanol–water partition coefficient (Wildman–Crippen LogP) is 3.00. The second-order valence-corrected chi connectivity index (χ2v) is 5.14. The van der Waals surface area contributed by atoms with Gasteiger partial charge in [0.2, 0.25) is 0 Å². The number of nitrogens with zero attached hydrogens (tertiary/aromatic N) is 1. The van der Waals surface area contributed by atoms with E-state index >= 15 is 0 Å². The van der Waals surface area contributed by atoms with E-state index in [4.69, 9.17) is 0 Å². The van der Waals surface area contributed by atoms with Gasteiger partial charge in [-0.3, -0.25) is 0 Å². The van der Waals surface area contributed by atoms with E-state index in [0.29, 0.717) is 0 Å². The van der Waals surface area contributed by atoms with E-state index < -0.39 is 0 Å². The maximum absolute atomic E-state index is 3.63. The van der Waals surface area contributed by atoms with E-state index in [9.17, 15) is 0 Å². The molecule has 2 rings (SSSR count). The van der Waals surface area contributed by atoms with Crippen LogP contribution in [0.4, 0.5) is 5.69 Å². The highest BCUT2D eigenvalue weighted by atomic mass is 15.1. The van der Waals surface area contributed by atoms with E-state index in [2.05, 4.69) is 48.5 Å². The Balaban J connectivity index is 1.85. The lowest BCUT2D eigenvalue weighted by Gasteiger charge is -2.29. The van der Waals surface area contributed by atoms with Crippen molar-refractivity contribution in [3.05, 3.63) is 29.8 Å². The summed E-state index contributed by atoms with van der Waals surface area (Å²) in [7, 11) is 2.22. The van der Waals surface area contributed by atoms with Crippen LogP contribution in [-0.4, -0.2) is 31.6 Å². The topological polar surface area (TPSA) is 15.3 Å². The average molecular weight is 232 g/mol. The minimum atomic E-state index is 0.844. The number of para-hydroxylation sites is 1. The SMILES string of the molecule is CCc1ccccc1NCC1CCN(C)CC1. The van der Waals surface area contributed by atoms with Crippen molar-refractivity contribution >= 4 is 5.69 Å². The summed E-state index contributed by atoms with van der Waals surface area (Å²) in [6.45, 7) is 5.85. The molecule has 17 heavy (non-hydrogen) atoms. The highest BCUT2D eigenvalue weighted by Gasteiger charge is 2.16. The summed E-state index contributed by atoms with van der Waals surface area (Å²) in [6, 6.07) is 8.67. The van der Waals surface area contributed by atoms with Crippen LogP contribution in [0.3, 0.4) is 0 Å². The highest BCUT2D eigenvalue weighted by Crippen LogP contribution is 2.19. The fourth-order valence-corrected chi connectivity index (χ4v) is 2.52. The number of hydrogen-bond donors (Lipinski definition) is 1. The molecule has 0 radical (unpaired) electrons. The number of nitrogens with one attached hydrogen (secondary N) is 1. The normalized spacial score (nSPS) is 18.2. The summed E-state index contributed by atoms with van der Waals surface area (Å²) < 4.78 is 0. The Bertz CT molecular complexity index is 341. The highest BCUT2D eigenvalue weighted by molar-refractivity contribution is 5.51. The lowest BCUT2D eigenvalue weighted by Crippen LogP contribution is -2.33. The molecule has 0 amide bonds. The zero-order valence-corrected chi connectivity index (χ0v) is 11.1. The van der Waals surface area contributed by atoms with E-state index in [1.165, 1.54) is 37.2 Å². The van der Waals surface area contributed by atoms with Gasteiger partial charge in [-0.2, -0.15) is 0 Å². The number of rotatable bonds is 4. The van der Waals surface area contributed by atoms with Gasteiger partial charge in [0.05, 0.1) is 0 Å². The standard InChI is InChI=1S/C15H24N2/c1-3-14-6-4-5-7-15(14)16-12-13-8-10-17(2)11-9-13/h4-7,13,16H,3,8-12H2,1-2H3. The van der Waals surface area contributed by atoms with Crippen LogP contribution in [0.1, 0.15) is 25.3 Å². The van der Waals surface area contributed by atoms with Crippen molar-refractivity contribution in [2.24, 2.45) is 5.92 Å². The molecule has 1 aromatic rings. The van der Waals surface area contributed by atoms with Crippen molar-refractivity contribution in [3.63, 3.8) is 0 Å². The quantitative estimate of drug-likeness (QED) is 0.858. The molecule has 1 N–H and O–H groups in total. The third kappa shape index (κ3) is 3.47. The third-order valence-corrected chi connectivity index (χ3v) is 3.82. The van der Waals surface area contributed by atoms with E-state index in [0.717, 1.165) is 18.9 Å². The van der Waals surface area contributed by atoms with Gasteiger partial charge in [-0.25, -0.2) is 0 Å². The lowest BCUT2D eigenvalue weighted by molar-refractivity contribution is 0.226. The van der Waals surface area contributed by atoms with Gasteiger partial charge in [0.25, 0.3) is 0 Å². The Morgan fingerprint density at radius 1 is 1.24 bits per heavy atom. The molecule has 1 fully saturated rings. The minimum absolute atomic E-state index is 0.844. The summed E-state index contributed by atoms with van der Waals surface area (Å²) >= 11 is 0. The first-order chi connectivity index (χ1) is 8.29. The number of piperidine rings is 1. The molecule has 0 bridgehead atoms. The lowest BCUT2D eigenvalue weighted by atomic mass is 9.97. The second-order valence-electron chi connectivity index (χ2n) is 5.14. The molecular formula is C15H24N2. The van der Waals surface area contributed by atoms with Gasteiger partial charge in [-0.05, 0) is 56.9 Å². The molecule has 1 aromatic carbocycles. The maximum atomic E-state index is 3.63. The molecule has 94 valence electrons. The van der Waals surface area contributed by atoms with Crippen LogP contribution in [0.5, 0.6) is 0 Å². The zero-order valence-electron chi connectivity index (χ0n) is 11.1. The number of anilines is 1. The van der Waals surface area contributed by atoms with Crippen LogP contribution >= 0.6 is 0 Å². The van der Waals surface area contributed by atoms with E-state index in [1.54, 1.807) is 0 Å². The molecule has 1 saturated heterocycles. The van der Waals surface area contributed by atoms with E-state index in [1.807, 2.05) is 0 Å². The van der Waals surface area contributed by atoms with Crippen LogP contribution in [0.25, 0.3) is 0 Å². The van der Waals surface area contributed by atoms with E-state index in [-0.39, 0.29) is 0 Å². The van der Waals surface area contributed by atoms with Gasteiger partial charge < -0.3 is 10.2 Å². The smallest absolute Gasteiger partial charge is 0.0372 e. The van der Waals surface area contributed by atoms with Gasteiger partial charge in [0.15, 0.2) is 0 Å². The summed E-state index contributed by atoms with van der Waals surface area (Å²) in [4.78, 5) is 2.43. The molecule has 0 aromatic heterocycles. The van der Waals surface area contributed by atoms with Crippen LogP contribution in [0, 0.1) is 5.92 Å². The van der Waals surface area contributed by atoms with Crippen molar-refractivity contribution in [1.82, 2.24) is 4.90 Å². The predicted molar refractivity (Wildman–Crippen MR) is 74.5 cm³/mol. The molecule has 0 spiro atoms. The summed E-state index contributed by atoms with van der Waals surface area (Å²) in [6.07, 6.45) is 3.77. The van der Waals surface area contributed by atoms with Crippen LogP contribution < -0.4 is 5.32 Å². The van der Waals surface area contributed by atoms with Crippen LogP contribution in [-0.2, 0) is 6.42 Å². The largest absolute Gasteiger partial charge is 0.385 e. The fourth-order valence-electron chi connectivity index (χ4n) is 2.52. The Labute approximate surface area is 105 Å². The van der Waals surface area contributed by atoms with Gasteiger partial charge in [0, 0.05) is 12.2 Å². The third-order valence-electron chi connectivity index (χ3n) is 3.82. The monoisotopic (exact) mass is 232 g/mol. The molecule has 2 nitrogen and oxygen atoms in total. The molecule has 0 saturated carbocycles. The van der Waals surface area contributed by atoms with Crippen molar-refractivity contribution < 1.29 is 0 Å². The number of likely N-dealkylation sites (tertiary alicyclic amines) is 1. The van der Waals surface area contributed by atoms with Crippen molar-refractivity contribution in [3.8, 4) is 0 Å². The number of hydrogen-bond acceptors (Lipinski definition) is 2. The van der Waals surface area contributed by atoms with Crippen molar-refractivity contribution in [1.29, 1.82) is 0 Å². The molecule has 0 atom stereocenters. The summed E-state index contributed by atoms with van der Waals surface area (Å²) in [5, 5.41) is 3.63. The molecular weight excluding hydrogens is 208 g/mol. The van der Waals surface area contributed by atoms with Gasteiger partial charge >= 0.3 is 0 Å². The second kappa shape index (κ2) is 6.06. The maximum Gasteiger partial charge on any atom is 0.0372 e. The van der Waals surface area contributed by atoms with Crippen LogP contribution in [0.15, 0.2) is 24.3 Å². The molecule has 0 aliphatic carbocycles. The molecule has 1 heterocycles. The molecule has 0 unspecified atom stereocenters. The summed E-state index contributed by atoms with van der Waals surface area (Å²) in [5.41, 5.74) is 2.76. The number of aryl methyl sites for hydroxylation is 1. The Kier molecular flexibility index (Phi) is 4.43. The van der Waals surface area contributed by atoms with Gasteiger partial charge in [-0.1, -0.05) is 25.1 Å². The molecule has 2 heteroatoms. The van der Waals surface area contributed by atoms with Gasteiger partial charge in [0.1, 0.15) is 0 Å². The first kappa shape index (κ1) is 12.4. The first-order valence-electron chi connectivity index (χ1n) is 6.80. The van der Waals surface area contributed by atoms with Crippen molar-refractivity contribution in [2.45, 2.75) is 26.2 Å². The fraction of sp³-hybridized carbons (Fsp3) is 0.600. The Morgan fingerprint density at radius 2 is 1.94 bits per heavy atom. The first-order valence-corrected chi connectivity index (χ1v) is 6.80. The van der Waals surface area contributed by atoms with Crippen LogP contribution in [0.2, 0.25) is 0 Å². The Hall–Kier alpha value is -1.02. The minimum Gasteiger partial charge on any atom is -0.385 e. The number of benzene rings is 1. The zero-order chi connectivity index (χ0) is 12.1.